The Balaban J connectivity index is 2.38. The first-order chi connectivity index (χ1) is 7.23. The minimum absolute atomic E-state index is 0.0555. The first kappa shape index (κ1) is 10.7. The first-order valence-electron chi connectivity index (χ1n) is 5.49. The number of benzene rings is 1. The molecule has 0 radical (unpaired) electrons. The minimum atomic E-state index is -0.0555. The van der Waals surface area contributed by atoms with Crippen LogP contribution >= 0.6 is 0 Å². The molecule has 0 heterocycles. The average molecular weight is 206 g/mol. The summed E-state index contributed by atoms with van der Waals surface area (Å²) in [6.45, 7) is 2.24. The van der Waals surface area contributed by atoms with Gasteiger partial charge in [-0.1, -0.05) is 31.2 Å². The molecule has 1 saturated carbocycles. The number of aliphatic hydroxyl groups is 1. The Morgan fingerprint density at radius 1 is 1.40 bits per heavy atom. The third-order valence-electron chi connectivity index (χ3n) is 3.35. The fourth-order valence-electron chi connectivity index (χ4n) is 2.14. The summed E-state index contributed by atoms with van der Waals surface area (Å²) in [5.41, 5.74) is 2.42. The molecule has 2 nitrogen and oxygen atoms in total. The molecule has 1 N–H and O–H groups in total. The topological polar surface area (TPSA) is 29.5 Å². The van der Waals surface area contributed by atoms with E-state index < -0.39 is 0 Å². The Morgan fingerprint density at radius 3 is 2.60 bits per heavy atom. The average Bonchev–Trinajstić information content (AvgIpc) is 3.09. The van der Waals surface area contributed by atoms with Crippen LogP contribution in [0.1, 0.15) is 36.8 Å². The van der Waals surface area contributed by atoms with E-state index in [9.17, 15) is 5.11 Å². The number of ether oxygens (including phenoxy) is 1. The van der Waals surface area contributed by atoms with Crippen LogP contribution in [0.2, 0.25) is 0 Å². The van der Waals surface area contributed by atoms with Gasteiger partial charge in [0.15, 0.2) is 0 Å². The zero-order valence-corrected chi connectivity index (χ0v) is 9.36. The van der Waals surface area contributed by atoms with E-state index in [4.69, 9.17) is 4.74 Å². The van der Waals surface area contributed by atoms with Crippen molar-refractivity contribution in [2.45, 2.75) is 31.3 Å². The van der Waals surface area contributed by atoms with Gasteiger partial charge in [-0.3, -0.25) is 0 Å². The summed E-state index contributed by atoms with van der Waals surface area (Å²) in [4.78, 5) is 0. The Kier molecular flexibility index (Phi) is 2.81. The van der Waals surface area contributed by atoms with Gasteiger partial charge in [-0.05, 0) is 24.0 Å². The summed E-state index contributed by atoms with van der Waals surface area (Å²) in [7, 11) is 1.77. The third kappa shape index (κ3) is 1.80. The van der Waals surface area contributed by atoms with E-state index in [-0.39, 0.29) is 18.1 Å². The van der Waals surface area contributed by atoms with Gasteiger partial charge < -0.3 is 9.84 Å². The lowest BCUT2D eigenvalue weighted by molar-refractivity contribution is 0.0775. The highest BCUT2D eigenvalue weighted by molar-refractivity contribution is 5.38. The van der Waals surface area contributed by atoms with Crippen molar-refractivity contribution >= 4 is 0 Å². The smallest absolute Gasteiger partial charge is 0.0932 e. The van der Waals surface area contributed by atoms with E-state index in [2.05, 4.69) is 12.1 Å². The molecule has 1 aromatic carbocycles. The van der Waals surface area contributed by atoms with E-state index in [0.717, 1.165) is 12.8 Å². The second kappa shape index (κ2) is 3.95. The molecule has 0 bridgehead atoms. The Labute approximate surface area is 90.9 Å². The first-order valence-corrected chi connectivity index (χ1v) is 5.49. The maximum absolute atomic E-state index is 9.23. The van der Waals surface area contributed by atoms with Gasteiger partial charge in [0.1, 0.15) is 0 Å². The van der Waals surface area contributed by atoms with Gasteiger partial charge in [0.25, 0.3) is 0 Å². The molecule has 1 unspecified atom stereocenters. The molecule has 0 saturated heterocycles. The predicted octanol–water partition coefficient (Wildman–Crippen LogP) is 2.42. The van der Waals surface area contributed by atoms with Crippen molar-refractivity contribution in [3.05, 3.63) is 35.4 Å². The molecule has 2 heteroatoms. The van der Waals surface area contributed by atoms with E-state index in [0.29, 0.717) is 0 Å². The molecule has 15 heavy (non-hydrogen) atoms. The monoisotopic (exact) mass is 206 g/mol. The van der Waals surface area contributed by atoms with Gasteiger partial charge in [0, 0.05) is 19.6 Å². The molecule has 0 aliphatic heterocycles. The highest BCUT2D eigenvalue weighted by Gasteiger charge is 2.46. The van der Waals surface area contributed by atoms with Crippen LogP contribution in [0.5, 0.6) is 0 Å². The zero-order valence-electron chi connectivity index (χ0n) is 9.36. The van der Waals surface area contributed by atoms with Gasteiger partial charge in [-0.2, -0.15) is 0 Å². The number of methoxy groups -OCH3 is 1. The van der Waals surface area contributed by atoms with Crippen LogP contribution < -0.4 is 0 Å². The largest absolute Gasteiger partial charge is 0.396 e. The predicted molar refractivity (Wildman–Crippen MR) is 59.9 cm³/mol. The Bertz CT molecular complexity index is 342. The molecule has 1 aromatic rings. The van der Waals surface area contributed by atoms with Crippen molar-refractivity contribution < 1.29 is 9.84 Å². The molecule has 0 spiro atoms. The molecule has 0 aromatic heterocycles. The molecular weight excluding hydrogens is 188 g/mol. The zero-order chi connectivity index (χ0) is 10.9. The quantitative estimate of drug-likeness (QED) is 0.819. The summed E-state index contributed by atoms with van der Waals surface area (Å²) >= 11 is 0. The molecule has 2 rings (SSSR count). The van der Waals surface area contributed by atoms with Crippen molar-refractivity contribution in [2.75, 3.05) is 13.7 Å². The molecule has 1 atom stereocenters. The van der Waals surface area contributed by atoms with Gasteiger partial charge in [-0.25, -0.2) is 0 Å². The van der Waals surface area contributed by atoms with Crippen molar-refractivity contribution in [3.8, 4) is 0 Å². The van der Waals surface area contributed by atoms with Crippen LogP contribution in [0.3, 0.4) is 0 Å². The summed E-state index contributed by atoms with van der Waals surface area (Å²) in [5.74, 6) is 0.189. The fraction of sp³-hybridized carbons (Fsp3) is 0.538. The summed E-state index contributed by atoms with van der Waals surface area (Å²) in [6.07, 6.45) is 2.19. The Morgan fingerprint density at radius 2 is 2.07 bits per heavy atom. The van der Waals surface area contributed by atoms with E-state index in [1.165, 1.54) is 11.1 Å². The van der Waals surface area contributed by atoms with Crippen molar-refractivity contribution in [1.29, 1.82) is 0 Å². The van der Waals surface area contributed by atoms with Gasteiger partial charge in [0.05, 0.1) is 5.60 Å². The van der Waals surface area contributed by atoms with Crippen LogP contribution in [0.25, 0.3) is 0 Å². The van der Waals surface area contributed by atoms with Crippen LogP contribution in [0, 0.1) is 0 Å². The second-order valence-electron chi connectivity index (χ2n) is 4.37. The van der Waals surface area contributed by atoms with E-state index in [1.807, 2.05) is 19.1 Å². The molecule has 1 fully saturated rings. The highest BCUT2D eigenvalue weighted by Crippen LogP contribution is 2.50. The molecule has 1 aliphatic carbocycles. The van der Waals surface area contributed by atoms with E-state index in [1.54, 1.807) is 7.11 Å². The molecule has 82 valence electrons. The molecular formula is C13H18O2. The maximum atomic E-state index is 9.23. The normalized spacial score (nSPS) is 19.9. The fourth-order valence-corrected chi connectivity index (χ4v) is 2.14. The second-order valence-corrected chi connectivity index (χ2v) is 4.37. The lowest BCUT2D eigenvalue weighted by atomic mass is 9.92. The molecule has 0 amide bonds. The summed E-state index contributed by atoms with van der Waals surface area (Å²) < 4.78 is 5.59. The summed E-state index contributed by atoms with van der Waals surface area (Å²) in [6, 6.07) is 8.28. The third-order valence-corrected chi connectivity index (χ3v) is 3.35. The van der Waals surface area contributed by atoms with Gasteiger partial charge in [-0.15, -0.1) is 0 Å². The van der Waals surface area contributed by atoms with Crippen LogP contribution in [-0.4, -0.2) is 18.8 Å². The molecule has 1 aliphatic rings. The number of hydrogen-bond donors (Lipinski definition) is 1. The van der Waals surface area contributed by atoms with Crippen LogP contribution in [-0.2, 0) is 10.3 Å². The highest BCUT2D eigenvalue weighted by atomic mass is 16.5. The minimum Gasteiger partial charge on any atom is -0.396 e. The SMILES string of the molecule is COC1(c2ccccc2C(C)CO)CC1. The Hall–Kier alpha value is -0.860. The van der Waals surface area contributed by atoms with Gasteiger partial charge >= 0.3 is 0 Å². The maximum Gasteiger partial charge on any atom is 0.0932 e. The van der Waals surface area contributed by atoms with Crippen LogP contribution in [0.15, 0.2) is 24.3 Å². The van der Waals surface area contributed by atoms with Crippen molar-refractivity contribution in [3.63, 3.8) is 0 Å². The lowest BCUT2D eigenvalue weighted by Crippen LogP contribution is -2.14. The summed E-state index contributed by atoms with van der Waals surface area (Å²) in [5, 5.41) is 9.23. The number of aliphatic hydroxyl groups excluding tert-OH is 1. The van der Waals surface area contributed by atoms with E-state index >= 15 is 0 Å². The van der Waals surface area contributed by atoms with Crippen LogP contribution in [0.4, 0.5) is 0 Å². The lowest BCUT2D eigenvalue weighted by Gasteiger charge is -2.21. The number of rotatable bonds is 4. The number of hydrogen-bond acceptors (Lipinski definition) is 2. The van der Waals surface area contributed by atoms with Gasteiger partial charge in [0.2, 0.25) is 0 Å². The standard InChI is InChI=1S/C13H18O2/c1-10(9-14)11-5-3-4-6-12(11)13(15-2)7-8-13/h3-6,10,14H,7-9H2,1-2H3. The van der Waals surface area contributed by atoms with Crippen molar-refractivity contribution in [1.82, 2.24) is 0 Å². The van der Waals surface area contributed by atoms with Crippen molar-refractivity contribution in [2.24, 2.45) is 0 Å².